The van der Waals surface area contributed by atoms with Crippen molar-refractivity contribution in [2.24, 2.45) is 0 Å². The van der Waals surface area contributed by atoms with Gasteiger partial charge in [-0.25, -0.2) is 4.79 Å². The first-order valence-corrected chi connectivity index (χ1v) is 7.91. The Kier molecular flexibility index (Phi) is 4.55. The molecule has 0 saturated carbocycles. The number of halogens is 1. The molecule has 3 rings (SSSR count). The summed E-state index contributed by atoms with van der Waals surface area (Å²) >= 11 is 7.77. The van der Waals surface area contributed by atoms with E-state index in [1.165, 1.54) is 7.11 Å². The highest BCUT2D eigenvalue weighted by atomic mass is 35.5. The second kappa shape index (κ2) is 6.76. The molecule has 0 spiro atoms. The van der Waals surface area contributed by atoms with Crippen LogP contribution in [-0.4, -0.2) is 23.2 Å². The van der Waals surface area contributed by atoms with Gasteiger partial charge in [0.1, 0.15) is 5.03 Å². The molecular formula is C16H11ClN2O3S. The van der Waals surface area contributed by atoms with Crippen molar-refractivity contribution in [2.75, 3.05) is 7.11 Å². The van der Waals surface area contributed by atoms with Crippen molar-refractivity contribution in [3.8, 4) is 11.4 Å². The lowest BCUT2D eigenvalue weighted by atomic mass is 10.1. The minimum atomic E-state index is -0.385. The highest BCUT2D eigenvalue weighted by Gasteiger charge is 2.12. The predicted molar refractivity (Wildman–Crippen MR) is 89.1 cm³/mol. The molecular weight excluding hydrogens is 336 g/mol. The summed E-state index contributed by atoms with van der Waals surface area (Å²) in [6, 6.07) is 8.73. The summed E-state index contributed by atoms with van der Waals surface area (Å²) in [5, 5.41) is 8.09. The molecule has 0 bridgehead atoms. The summed E-state index contributed by atoms with van der Waals surface area (Å²) in [6.45, 7) is 0. The Hall–Kier alpha value is -2.44. The van der Waals surface area contributed by atoms with Gasteiger partial charge in [0.15, 0.2) is 0 Å². The van der Waals surface area contributed by atoms with E-state index in [9.17, 15) is 4.79 Å². The van der Waals surface area contributed by atoms with Crippen LogP contribution in [0.3, 0.4) is 0 Å². The van der Waals surface area contributed by atoms with Crippen molar-refractivity contribution in [1.29, 1.82) is 0 Å². The molecule has 1 aromatic carbocycles. The Balaban J connectivity index is 1.81. The van der Waals surface area contributed by atoms with E-state index in [2.05, 4.69) is 14.9 Å². The molecule has 0 unspecified atom stereocenters. The van der Waals surface area contributed by atoms with E-state index in [1.807, 2.05) is 16.8 Å². The smallest absolute Gasteiger partial charge is 0.337 e. The minimum absolute atomic E-state index is 0.241. The Labute approximate surface area is 141 Å². The minimum Gasteiger partial charge on any atom is -0.465 e. The van der Waals surface area contributed by atoms with E-state index in [0.717, 1.165) is 11.1 Å². The summed E-state index contributed by atoms with van der Waals surface area (Å²) in [6.07, 6.45) is 1.69. The van der Waals surface area contributed by atoms with Crippen molar-refractivity contribution in [2.45, 2.75) is 0 Å². The van der Waals surface area contributed by atoms with Crippen LogP contribution in [0.15, 0.2) is 45.6 Å². The van der Waals surface area contributed by atoms with E-state index in [-0.39, 0.29) is 11.9 Å². The number of carbonyl (C=O) groups is 1. The second-order valence-electron chi connectivity index (χ2n) is 4.54. The number of esters is 1. The third-order valence-corrected chi connectivity index (χ3v) is 3.99. The van der Waals surface area contributed by atoms with Crippen LogP contribution in [0.25, 0.3) is 22.5 Å². The van der Waals surface area contributed by atoms with Crippen molar-refractivity contribution in [1.82, 2.24) is 10.1 Å². The number of benzene rings is 1. The number of rotatable bonds is 4. The third-order valence-electron chi connectivity index (χ3n) is 3.03. The van der Waals surface area contributed by atoms with E-state index in [0.29, 0.717) is 16.4 Å². The van der Waals surface area contributed by atoms with Gasteiger partial charge < -0.3 is 9.26 Å². The van der Waals surface area contributed by atoms with E-state index < -0.39 is 0 Å². The average molecular weight is 347 g/mol. The fourth-order valence-corrected chi connectivity index (χ4v) is 2.71. The Bertz CT molecular complexity index is 839. The van der Waals surface area contributed by atoms with Gasteiger partial charge in [-0.1, -0.05) is 28.9 Å². The summed E-state index contributed by atoms with van der Waals surface area (Å²) in [4.78, 5) is 15.6. The molecule has 0 aliphatic heterocycles. The Morgan fingerprint density at radius 1 is 1.30 bits per heavy atom. The van der Waals surface area contributed by atoms with Crippen molar-refractivity contribution >= 4 is 40.0 Å². The van der Waals surface area contributed by atoms with Gasteiger partial charge in [-0.2, -0.15) is 16.3 Å². The molecule has 0 fully saturated rings. The topological polar surface area (TPSA) is 65.2 Å². The first-order chi connectivity index (χ1) is 11.2. The molecule has 0 aliphatic carbocycles. The largest absolute Gasteiger partial charge is 0.465 e. The van der Waals surface area contributed by atoms with Gasteiger partial charge in [0.25, 0.3) is 5.89 Å². The number of ether oxygens (including phenoxy) is 1. The van der Waals surface area contributed by atoms with Gasteiger partial charge in [-0.05, 0) is 35.2 Å². The maximum Gasteiger partial charge on any atom is 0.337 e. The van der Waals surface area contributed by atoms with Crippen LogP contribution in [0.5, 0.6) is 0 Å². The van der Waals surface area contributed by atoms with Gasteiger partial charge in [0, 0.05) is 10.9 Å². The number of hydrogen-bond acceptors (Lipinski definition) is 6. The molecule has 0 amide bonds. The van der Waals surface area contributed by atoms with Crippen LogP contribution in [0.1, 0.15) is 21.8 Å². The molecule has 7 heteroatoms. The van der Waals surface area contributed by atoms with Crippen molar-refractivity contribution < 1.29 is 14.1 Å². The average Bonchev–Trinajstić information content (AvgIpc) is 3.25. The first-order valence-electron chi connectivity index (χ1n) is 6.59. The molecule has 0 aliphatic rings. The zero-order valence-electron chi connectivity index (χ0n) is 12.0. The number of thiophene rings is 1. The standard InChI is InChI=1S/C16H11ClN2O3S/c1-21-16(20)11-4-2-10(3-5-11)8-13(17)15-18-14(19-22-15)12-6-7-23-9-12/h2-9H,1H3. The van der Waals surface area contributed by atoms with E-state index >= 15 is 0 Å². The lowest BCUT2D eigenvalue weighted by molar-refractivity contribution is 0.0600. The molecule has 0 saturated heterocycles. The Morgan fingerprint density at radius 3 is 2.74 bits per heavy atom. The van der Waals surface area contributed by atoms with E-state index in [1.54, 1.807) is 41.7 Å². The normalized spacial score (nSPS) is 11.5. The van der Waals surface area contributed by atoms with Gasteiger partial charge in [-0.3, -0.25) is 0 Å². The molecule has 0 N–H and O–H groups in total. The Morgan fingerprint density at radius 2 is 2.09 bits per heavy atom. The highest BCUT2D eigenvalue weighted by Crippen LogP contribution is 2.25. The van der Waals surface area contributed by atoms with Gasteiger partial charge in [-0.15, -0.1) is 0 Å². The lowest BCUT2D eigenvalue weighted by Crippen LogP contribution is -2.00. The van der Waals surface area contributed by atoms with Crippen LogP contribution in [-0.2, 0) is 4.74 Å². The quantitative estimate of drug-likeness (QED) is 0.658. The maximum absolute atomic E-state index is 11.4. The molecule has 0 radical (unpaired) electrons. The van der Waals surface area contributed by atoms with Gasteiger partial charge >= 0.3 is 5.97 Å². The third kappa shape index (κ3) is 3.49. The summed E-state index contributed by atoms with van der Waals surface area (Å²) in [5.41, 5.74) is 2.16. The SMILES string of the molecule is COC(=O)c1ccc(C=C(Cl)c2nc(-c3ccsc3)no2)cc1. The number of nitrogens with zero attached hydrogens (tertiary/aromatic N) is 2. The summed E-state index contributed by atoms with van der Waals surface area (Å²) in [7, 11) is 1.34. The highest BCUT2D eigenvalue weighted by molar-refractivity contribution is 7.08. The molecule has 2 heterocycles. The number of aromatic nitrogens is 2. The molecule has 116 valence electrons. The second-order valence-corrected chi connectivity index (χ2v) is 5.73. The monoisotopic (exact) mass is 346 g/mol. The zero-order valence-corrected chi connectivity index (χ0v) is 13.6. The van der Waals surface area contributed by atoms with Crippen molar-refractivity contribution in [3.05, 3.63) is 58.1 Å². The lowest BCUT2D eigenvalue weighted by Gasteiger charge is -1.99. The molecule has 0 atom stereocenters. The van der Waals surface area contributed by atoms with Crippen LogP contribution in [0, 0.1) is 0 Å². The number of methoxy groups -OCH3 is 1. The van der Waals surface area contributed by atoms with Crippen LogP contribution < -0.4 is 0 Å². The maximum atomic E-state index is 11.4. The fourth-order valence-electron chi connectivity index (χ4n) is 1.87. The predicted octanol–water partition coefficient (Wildman–Crippen LogP) is 4.32. The molecule has 2 aromatic heterocycles. The zero-order chi connectivity index (χ0) is 16.2. The summed E-state index contributed by atoms with van der Waals surface area (Å²) < 4.78 is 9.82. The molecule has 23 heavy (non-hydrogen) atoms. The fraction of sp³-hybridized carbons (Fsp3) is 0.0625. The van der Waals surface area contributed by atoms with Crippen molar-refractivity contribution in [3.63, 3.8) is 0 Å². The molecule has 5 nitrogen and oxygen atoms in total. The van der Waals surface area contributed by atoms with E-state index in [4.69, 9.17) is 16.1 Å². The molecule has 3 aromatic rings. The first kappa shape index (κ1) is 15.5. The van der Waals surface area contributed by atoms with Gasteiger partial charge in [0.2, 0.25) is 5.82 Å². The number of hydrogen-bond donors (Lipinski definition) is 0. The summed E-state index contributed by atoms with van der Waals surface area (Å²) in [5.74, 6) is 0.350. The van der Waals surface area contributed by atoms with Crippen LogP contribution >= 0.6 is 22.9 Å². The van der Waals surface area contributed by atoms with Crippen LogP contribution in [0.4, 0.5) is 0 Å². The van der Waals surface area contributed by atoms with Gasteiger partial charge in [0.05, 0.1) is 12.7 Å². The number of carbonyl (C=O) groups excluding carboxylic acids is 1. The van der Waals surface area contributed by atoms with Crippen LogP contribution in [0.2, 0.25) is 0 Å².